The van der Waals surface area contributed by atoms with Crippen LogP contribution in [0, 0.1) is 35.5 Å². The molecule has 0 unspecified atom stereocenters. The largest absolute Gasteiger partial charge is 0.493 e. The first-order valence-corrected chi connectivity index (χ1v) is 11.1. The molecule has 6 nitrogen and oxygen atoms in total. The summed E-state index contributed by atoms with van der Waals surface area (Å²) in [4.78, 5) is 26.1. The van der Waals surface area contributed by atoms with Gasteiger partial charge >= 0.3 is 0 Å². The summed E-state index contributed by atoms with van der Waals surface area (Å²) >= 11 is 0. The first-order chi connectivity index (χ1) is 15.7. The number of hydrazone groups is 1. The van der Waals surface area contributed by atoms with Crippen LogP contribution in [0.15, 0.2) is 65.8 Å². The van der Waals surface area contributed by atoms with Gasteiger partial charge in [-0.1, -0.05) is 42.5 Å². The molecular weight excluding hydrogens is 404 g/mol. The van der Waals surface area contributed by atoms with E-state index in [4.69, 9.17) is 9.47 Å². The lowest BCUT2D eigenvalue weighted by Gasteiger charge is -2.37. The Morgan fingerprint density at radius 2 is 1.66 bits per heavy atom. The zero-order valence-electron chi connectivity index (χ0n) is 17.8. The van der Waals surface area contributed by atoms with Crippen molar-refractivity contribution in [3.8, 4) is 11.5 Å². The highest BCUT2D eigenvalue weighted by molar-refractivity contribution is 6.06. The van der Waals surface area contributed by atoms with E-state index in [1.54, 1.807) is 19.4 Å². The normalized spacial score (nSPS) is 31.7. The molecular formula is C26H24N2O4. The fourth-order valence-corrected chi connectivity index (χ4v) is 5.80. The zero-order chi connectivity index (χ0) is 21.8. The molecule has 162 valence electrons. The fraction of sp³-hybridized carbons (Fsp3) is 0.346. The van der Waals surface area contributed by atoms with Crippen LogP contribution in [-0.4, -0.2) is 30.1 Å². The maximum Gasteiger partial charge on any atom is 0.254 e. The minimum Gasteiger partial charge on any atom is -0.493 e. The highest BCUT2D eigenvalue weighted by atomic mass is 16.5. The monoisotopic (exact) mass is 428 g/mol. The van der Waals surface area contributed by atoms with Gasteiger partial charge < -0.3 is 9.47 Å². The van der Waals surface area contributed by atoms with E-state index in [0.29, 0.717) is 29.9 Å². The van der Waals surface area contributed by atoms with Crippen molar-refractivity contribution < 1.29 is 19.1 Å². The van der Waals surface area contributed by atoms with E-state index in [1.807, 2.05) is 42.5 Å². The van der Waals surface area contributed by atoms with E-state index in [-0.39, 0.29) is 35.5 Å². The summed E-state index contributed by atoms with van der Waals surface area (Å²) < 4.78 is 11.4. The molecule has 6 heteroatoms. The Morgan fingerprint density at radius 3 is 2.31 bits per heavy atom. The Kier molecular flexibility index (Phi) is 4.42. The van der Waals surface area contributed by atoms with E-state index < -0.39 is 0 Å². The number of imide groups is 1. The van der Waals surface area contributed by atoms with Gasteiger partial charge in [-0.3, -0.25) is 9.59 Å². The first kappa shape index (κ1) is 19.3. The SMILES string of the molecule is COc1cc(/C=N\N2C(=O)[C@H]3[C@@H]4C=C[C@H]([C@@H]5C[C@H]45)[C@@H]3C2=O)ccc1OCc1ccccc1. The Labute approximate surface area is 186 Å². The number of nitrogens with zero attached hydrogens (tertiary/aromatic N) is 2. The number of benzene rings is 2. The number of carbonyl (C=O) groups is 2. The second kappa shape index (κ2) is 7.33. The Hall–Kier alpha value is -3.41. The van der Waals surface area contributed by atoms with Crippen molar-refractivity contribution in [2.75, 3.05) is 7.11 Å². The molecule has 0 N–H and O–H groups in total. The van der Waals surface area contributed by atoms with Crippen molar-refractivity contribution >= 4 is 18.0 Å². The Morgan fingerprint density at radius 1 is 0.969 bits per heavy atom. The number of amides is 2. The van der Waals surface area contributed by atoms with Gasteiger partial charge in [-0.25, -0.2) is 0 Å². The number of rotatable bonds is 6. The zero-order valence-corrected chi connectivity index (χ0v) is 17.8. The topological polar surface area (TPSA) is 68.2 Å². The molecule has 6 atom stereocenters. The molecule has 5 aliphatic rings. The average Bonchev–Trinajstić information content (AvgIpc) is 3.61. The molecule has 1 aliphatic heterocycles. The summed E-state index contributed by atoms with van der Waals surface area (Å²) in [5.74, 6) is 1.98. The fourth-order valence-electron chi connectivity index (χ4n) is 5.80. The number of allylic oxidation sites excluding steroid dienone is 2. The van der Waals surface area contributed by atoms with Crippen LogP contribution in [-0.2, 0) is 16.2 Å². The van der Waals surface area contributed by atoms with Crippen molar-refractivity contribution in [3.05, 3.63) is 71.8 Å². The van der Waals surface area contributed by atoms with Gasteiger partial charge in [0.25, 0.3) is 11.8 Å². The predicted molar refractivity (Wildman–Crippen MR) is 118 cm³/mol. The minimum atomic E-state index is -0.235. The van der Waals surface area contributed by atoms with Crippen molar-refractivity contribution in [3.63, 3.8) is 0 Å². The van der Waals surface area contributed by atoms with Crippen LogP contribution < -0.4 is 9.47 Å². The van der Waals surface area contributed by atoms with E-state index in [0.717, 1.165) is 22.6 Å². The lowest BCUT2D eigenvalue weighted by atomic mass is 9.63. The number of hydrogen-bond acceptors (Lipinski definition) is 5. The van der Waals surface area contributed by atoms with Gasteiger partial charge in [0.1, 0.15) is 6.61 Å². The smallest absolute Gasteiger partial charge is 0.254 e. The van der Waals surface area contributed by atoms with Crippen LogP contribution >= 0.6 is 0 Å². The van der Waals surface area contributed by atoms with Crippen molar-refractivity contribution in [2.24, 2.45) is 40.6 Å². The van der Waals surface area contributed by atoms with E-state index in [2.05, 4.69) is 17.3 Å². The summed E-state index contributed by atoms with van der Waals surface area (Å²) in [6, 6.07) is 15.4. The molecule has 2 aromatic carbocycles. The second-order valence-electron chi connectivity index (χ2n) is 9.07. The number of carbonyl (C=O) groups excluding carboxylic acids is 2. The minimum absolute atomic E-state index is 0.157. The molecule has 7 rings (SSSR count). The number of hydrogen-bond donors (Lipinski definition) is 0. The summed E-state index contributed by atoms with van der Waals surface area (Å²) in [6.07, 6.45) is 7.03. The van der Waals surface area contributed by atoms with Gasteiger partial charge in [-0.05, 0) is 59.4 Å². The summed E-state index contributed by atoms with van der Waals surface area (Å²) in [7, 11) is 1.58. The van der Waals surface area contributed by atoms with E-state index in [9.17, 15) is 9.59 Å². The summed E-state index contributed by atoms with van der Waals surface area (Å²) in [6.45, 7) is 0.433. The average molecular weight is 428 g/mol. The van der Waals surface area contributed by atoms with Gasteiger partial charge in [0.15, 0.2) is 11.5 Å². The maximum atomic E-state index is 13.0. The third-order valence-corrected chi connectivity index (χ3v) is 7.39. The Bertz CT molecular complexity index is 1110. The Balaban J connectivity index is 1.18. The van der Waals surface area contributed by atoms with Crippen LogP contribution in [0.5, 0.6) is 11.5 Å². The third-order valence-electron chi connectivity index (χ3n) is 7.39. The molecule has 0 radical (unpaired) electrons. The van der Waals surface area contributed by atoms with Crippen LogP contribution in [0.1, 0.15) is 17.5 Å². The van der Waals surface area contributed by atoms with Crippen molar-refractivity contribution in [1.82, 2.24) is 5.01 Å². The van der Waals surface area contributed by atoms with Crippen LogP contribution in [0.25, 0.3) is 0 Å². The molecule has 1 heterocycles. The predicted octanol–water partition coefficient (Wildman–Crippen LogP) is 3.66. The molecule has 4 aliphatic carbocycles. The van der Waals surface area contributed by atoms with Crippen molar-refractivity contribution in [1.29, 1.82) is 0 Å². The van der Waals surface area contributed by atoms with Crippen LogP contribution in [0.4, 0.5) is 0 Å². The molecule has 2 bridgehead atoms. The van der Waals surface area contributed by atoms with E-state index in [1.165, 1.54) is 0 Å². The number of ether oxygens (including phenoxy) is 2. The summed E-state index contributed by atoms with van der Waals surface area (Å²) in [5, 5.41) is 5.40. The first-order valence-electron chi connectivity index (χ1n) is 11.1. The molecule has 32 heavy (non-hydrogen) atoms. The van der Waals surface area contributed by atoms with Gasteiger partial charge in [0.2, 0.25) is 0 Å². The second-order valence-corrected chi connectivity index (χ2v) is 9.07. The molecule has 0 aromatic heterocycles. The molecule has 0 spiro atoms. The highest BCUT2D eigenvalue weighted by Crippen LogP contribution is 2.65. The van der Waals surface area contributed by atoms with Crippen LogP contribution in [0.3, 0.4) is 0 Å². The molecule has 2 aromatic rings. The van der Waals surface area contributed by atoms with Gasteiger partial charge in [0.05, 0.1) is 25.2 Å². The van der Waals surface area contributed by atoms with E-state index >= 15 is 0 Å². The van der Waals surface area contributed by atoms with Crippen molar-refractivity contribution in [2.45, 2.75) is 13.0 Å². The number of methoxy groups -OCH3 is 1. The molecule has 2 saturated carbocycles. The molecule has 3 fully saturated rings. The molecule has 1 saturated heterocycles. The molecule has 2 amide bonds. The lowest BCUT2D eigenvalue weighted by molar-refractivity contribution is -0.140. The third kappa shape index (κ3) is 2.97. The standard InChI is InChI=1S/C26H24N2O4/c1-31-22-11-16(7-10-21(22)32-14-15-5-3-2-4-6-15)13-27-28-25(29)23-17-8-9-18(20-12-19(17)20)24(23)26(28)30/h2-11,13,17-20,23-24H,12,14H2,1H3/b27-13-/t17-,18-,19-,20+,23+,24+/m1/s1. The van der Waals surface area contributed by atoms with Gasteiger partial charge in [0, 0.05) is 0 Å². The summed E-state index contributed by atoms with van der Waals surface area (Å²) in [5.41, 5.74) is 1.79. The van der Waals surface area contributed by atoms with Crippen LogP contribution in [0.2, 0.25) is 0 Å². The lowest BCUT2D eigenvalue weighted by Crippen LogP contribution is -2.40. The van der Waals surface area contributed by atoms with Gasteiger partial charge in [-0.2, -0.15) is 10.1 Å². The maximum absolute atomic E-state index is 13.0. The highest BCUT2D eigenvalue weighted by Gasteiger charge is 2.67. The van der Waals surface area contributed by atoms with Gasteiger partial charge in [-0.15, -0.1) is 0 Å². The quantitative estimate of drug-likeness (QED) is 0.400.